The molecular weight excluding hydrogens is 526 g/mol. The normalized spacial score (nSPS) is 17.8. The molecule has 1 aliphatic heterocycles. The molecule has 0 bridgehead atoms. The molecule has 0 unspecified atom stereocenters. The largest absolute Gasteiger partial charge is 0.432 e. The first-order valence-corrected chi connectivity index (χ1v) is 12.5. The van der Waals surface area contributed by atoms with E-state index in [1.807, 2.05) is 0 Å². The lowest BCUT2D eigenvalue weighted by atomic mass is 10.00. The van der Waals surface area contributed by atoms with Crippen molar-refractivity contribution in [3.63, 3.8) is 0 Å². The maximum absolute atomic E-state index is 15.0. The minimum Gasteiger partial charge on any atom is -0.429 e. The van der Waals surface area contributed by atoms with E-state index in [2.05, 4.69) is 11.7 Å². The van der Waals surface area contributed by atoms with Crippen LogP contribution in [0, 0.1) is 36.1 Å². The summed E-state index contributed by atoms with van der Waals surface area (Å²) in [5.74, 6) is -5.56. The maximum Gasteiger partial charge on any atom is 0.432 e. The summed E-state index contributed by atoms with van der Waals surface area (Å²) in [7, 11) is 0. The molecule has 1 heterocycles. The number of hydrogen-bond acceptors (Lipinski definition) is 4. The van der Waals surface area contributed by atoms with Gasteiger partial charge in [0.25, 0.3) is 0 Å². The van der Waals surface area contributed by atoms with E-state index in [0.29, 0.717) is 50.2 Å². The van der Waals surface area contributed by atoms with Gasteiger partial charge < -0.3 is 18.9 Å². The smallest absolute Gasteiger partial charge is 0.429 e. The van der Waals surface area contributed by atoms with E-state index >= 15 is 0 Å². The van der Waals surface area contributed by atoms with Crippen LogP contribution in [0.1, 0.15) is 42.7 Å². The van der Waals surface area contributed by atoms with Crippen LogP contribution in [0.2, 0.25) is 0 Å². The van der Waals surface area contributed by atoms with Crippen LogP contribution in [0.25, 0.3) is 11.1 Å². The quantitative estimate of drug-likeness (QED) is 0.189. The minimum atomic E-state index is -4.47. The number of alkyl halides is 2. The van der Waals surface area contributed by atoms with E-state index in [1.165, 1.54) is 25.1 Å². The van der Waals surface area contributed by atoms with Gasteiger partial charge in [0, 0.05) is 29.7 Å². The molecule has 39 heavy (non-hydrogen) atoms. The summed E-state index contributed by atoms with van der Waals surface area (Å²) < 4.78 is 109. The molecule has 0 saturated carbocycles. The molecule has 0 spiro atoms. The Bertz CT molecular complexity index is 1270. The third kappa shape index (κ3) is 6.93. The third-order valence-corrected chi connectivity index (χ3v) is 6.26. The Kier molecular flexibility index (Phi) is 9.19. The van der Waals surface area contributed by atoms with Crippen LogP contribution in [-0.4, -0.2) is 26.4 Å². The van der Waals surface area contributed by atoms with Crippen LogP contribution in [0.5, 0.6) is 5.75 Å². The highest BCUT2D eigenvalue weighted by atomic mass is 19.3. The second kappa shape index (κ2) is 12.4. The molecule has 10 heteroatoms. The molecule has 0 radical (unpaired) electrons. The van der Waals surface area contributed by atoms with Crippen molar-refractivity contribution >= 4 is 0 Å². The lowest BCUT2D eigenvalue weighted by Gasteiger charge is -2.29. The molecule has 1 aliphatic rings. The fourth-order valence-corrected chi connectivity index (χ4v) is 4.08. The van der Waals surface area contributed by atoms with Gasteiger partial charge in [-0.2, -0.15) is 8.78 Å². The van der Waals surface area contributed by atoms with Gasteiger partial charge in [-0.15, -0.1) is 0 Å². The summed E-state index contributed by atoms with van der Waals surface area (Å²) in [5.41, 5.74) is -1.67. The number of benzene rings is 3. The van der Waals surface area contributed by atoms with Crippen molar-refractivity contribution in [2.24, 2.45) is 5.92 Å². The van der Waals surface area contributed by atoms with E-state index in [4.69, 9.17) is 14.2 Å². The Morgan fingerprint density at radius 3 is 2.18 bits per heavy atom. The van der Waals surface area contributed by atoms with Crippen molar-refractivity contribution in [2.75, 3.05) is 26.4 Å². The van der Waals surface area contributed by atoms with Crippen molar-refractivity contribution in [2.45, 2.75) is 39.1 Å². The summed E-state index contributed by atoms with van der Waals surface area (Å²) >= 11 is 0. The summed E-state index contributed by atoms with van der Waals surface area (Å²) in [5, 5.41) is 0. The molecule has 4 nitrogen and oxygen atoms in total. The second-order valence-corrected chi connectivity index (χ2v) is 9.38. The molecule has 1 fully saturated rings. The van der Waals surface area contributed by atoms with Crippen molar-refractivity contribution in [3.8, 4) is 16.9 Å². The summed E-state index contributed by atoms with van der Waals surface area (Å²) in [6.07, 6.45) is -3.31. The average Bonchev–Trinajstić information content (AvgIpc) is 2.88. The van der Waals surface area contributed by atoms with Gasteiger partial charge in [0.05, 0.1) is 19.8 Å². The number of halogens is 6. The molecule has 0 N–H and O–H groups in total. The van der Waals surface area contributed by atoms with Crippen molar-refractivity contribution in [3.05, 3.63) is 88.5 Å². The Morgan fingerprint density at radius 1 is 0.872 bits per heavy atom. The molecule has 0 atom stereocenters. The second-order valence-electron chi connectivity index (χ2n) is 9.38. The van der Waals surface area contributed by atoms with Gasteiger partial charge in [0.2, 0.25) is 0 Å². The first kappa shape index (κ1) is 28.9. The summed E-state index contributed by atoms with van der Waals surface area (Å²) in [6.45, 7) is 5.32. The van der Waals surface area contributed by atoms with Crippen LogP contribution >= 0.6 is 0 Å². The van der Waals surface area contributed by atoms with Crippen molar-refractivity contribution < 1.29 is 45.3 Å². The number of hydrogen-bond donors (Lipinski definition) is 0. The average molecular weight is 555 g/mol. The molecular formula is C29H28F6O4. The molecule has 3 aromatic carbocycles. The minimum absolute atomic E-state index is 0.0406. The van der Waals surface area contributed by atoms with E-state index in [-0.39, 0.29) is 22.6 Å². The zero-order chi connectivity index (χ0) is 28.2. The van der Waals surface area contributed by atoms with Crippen LogP contribution in [0.15, 0.2) is 48.5 Å². The highest BCUT2D eigenvalue weighted by Crippen LogP contribution is 2.38. The van der Waals surface area contributed by atoms with Crippen LogP contribution in [0.3, 0.4) is 0 Å². The monoisotopic (exact) mass is 554 g/mol. The first-order valence-electron chi connectivity index (χ1n) is 12.5. The molecule has 4 rings (SSSR count). The zero-order valence-corrected chi connectivity index (χ0v) is 21.4. The maximum atomic E-state index is 15.0. The van der Waals surface area contributed by atoms with Crippen LogP contribution in [-0.2, 0) is 20.3 Å². The topological polar surface area (TPSA) is 36.9 Å². The van der Waals surface area contributed by atoms with E-state index < -0.39 is 47.0 Å². The first-order chi connectivity index (χ1) is 18.6. The van der Waals surface area contributed by atoms with Gasteiger partial charge in [-0.1, -0.05) is 31.5 Å². The Labute approximate surface area is 222 Å². The van der Waals surface area contributed by atoms with E-state index in [0.717, 1.165) is 25.0 Å². The molecule has 210 valence electrons. The molecule has 3 aromatic rings. The SMILES string of the molecule is CCCCOCC1COC(c2ccc(-c3cc(F)c(C(F)(F)Oc4ccc(C)c(F)c4)c(F)c3)c(F)c2)OC1. The summed E-state index contributed by atoms with van der Waals surface area (Å²) in [6, 6.07) is 7.92. The van der Waals surface area contributed by atoms with E-state index in [9.17, 15) is 26.3 Å². The standard InChI is InChI=1S/C29H28F6O4/c1-3-4-9-36-14-18-15-37-28(38-16-18)19-6-8-22(24(31)10-19)20-11-25(32)27(26(33)12-20)29(34,35)39-21-7-5-17(2)23(30)13-21/h5-8,10-13,18,28H,3-4,9,14-16H2,1-2H3. The van der Waals surface area contributed by atoms with Gasteiger partial charge in [-0.25, -0.2) is 17.6 Å². The van der Waals surface area contributed by atoms with Crippen molar-refractivity contribution in [1.29, 1.82) is 0 Å². The predicted molar refractivity (Wildman–Crippen MR) is 131 cm³/mol. The third-order valence-electron chi connectivity index (χ3n) is 6.26. The number of unbranched alkanes of at least 4 members (excludes halogenated alkanes) is 1. The molecule has 0 aromatic heterocycles. The highest BCUT2D eigenvalue weighted by Gasteiger charge is 2.41. The predicted octanol–water partition coefficient (Wildman–Crippen LogP) is 7.83. The number of rotatable bonds is 10. The molecule has 0 aliphatic carbocycles. The Balaban J connectivity index is 1.47. The fourth-order valence-electron chi connectivity index (χ4n) is 4.08. The van der Waals surface area contributed by atoms with Gasteiger partial charge in [-0.3, -0.25) is 0 Å². The van der Waals surface area contributed by atoms with Gasteiger partial charge in [-0.05, 0) is 48.7 Å². The Morgan fingerprint density at radius 2 is 1.56 bits per heavy atom. The zero-order valence-electron chi connectivity index (χ0n) is 21.4. The van der Waals surface area contributed by atoms with Crippen molar-refractivity contribution in [1.82, 2.24) is 0 Å². The lowest BCUT2D eigenvalue weighted by Crippen LogP contribution is -2.30. The summed E-state index contributed by atoms with van der Waals surface area (Å²) in [4.78, 5) is 0. The van der Waals surface area contributed by atoms with Gasteiger partial charge >= 0.3 is 6.11 Å². The van der Waals surface area contributed by atoms with Crippen LogP contribution in [0.4, 0.5) is 26.3 Å². The number of ether oxygens (including phenoxy) is 4. The van der Waals surface area contributed by atoms with Crippen LogP contribution < -0.4 is 4.74 Å². The van der Waals surface area contributed by atoms with Gasteiger partial charge in [0.1, 0.15) is 34.6 Å². The lowest BCUT2D eigenvalue weighted by molar-refractivity contribution is -0.212. The van der Waals surface area contributed by atoms with Gasteiger partial charge in [0.15, 0.2) is 6.29 Å². The molecule has 1 saturated heterocycles. The number of aryl methyl sites for hydroxylation is 1. The Hall–Kier alpha value is -3.08. The highest BCUT2D eigenvalue weighted by molar-refractivity contribution is 5.65. The van der Waals surface area contributed by atoms with E-state index in [1.54, 1.807) is 0 Å². The molecule has 0 amide bonds. The fraction of sp³-hybridized carbons (Fsp3) is 0.379.